The molecule has 0 spiro atoms. The lowest BCUT2D eigenvalue weighted by Crippen LogP contribution is -2.12. The predicted molar refractivity (Wildman–Crippen MR) is 178 cm³/mol. The van der Waals surface area contributed by atoms with Crippen LogP contribution in [0.25, 0.3) is 44.2 Å². The van der Waals surface area contributed by atoms with Crippen molar-refractivity contribution in [1.29, 1.82) is 0 Å². The fourth-order valence-corrected chi connectivity index (χ4v) is 6.04. The summed E-state index contributed by atoms with van der Waals surface area (Å²) >= 11 is 0. The van der Waals surface area contributed by atoms with E-state index in [1.807, 2.05) is 6.07 Å². The Kier molecular flexibility index (Phi) is 6.40. The Morgan fingerprint density at radius 3 is 1.90 bits per heavy atom. The summed E-state index contributed by atoms with van der Waals surface area (Å²) < 4.78 is 6.57. The average Bonchev–Trinajstić information content (AvgIpc) is 3.43. The van der Waals surface area contributed by atoms with Crippen molar-refractivity contribution in [3.63, 3.8) is 0 Å². The van der Waals surface area contributed by atoms with Crippen molar-refractivity contribution >= 4 is 38.8 Å². The molecule has 0 N–H and O–H groups in total. The zero-order chi connectivity index (χ0) is 28.7. The highest BCUT2D eigenvalue weighted by Gasteiger charge is 2.26. The lowest BCUT2D eigenvalue weighted by atomic mass is 9.83. The highest BCUT2D eigenvalue weighted by Crippen LogP contribution is 2.44. The SMILES string of the molecule is CC(C)(C)c1c(-c2cccc(N(c3ccc(-c4ccccc4)cc3)c3cccc4ccccc34)c2)oc2ccccc12. The van der Waals surface area contributed by atoms with Crippen LogP contribution in [-0.2, 0) is 5.41 Å². The quantitative estimate of drug-likeness (QED) is 0.215. The van der Waals surface area contributed by atoms with Crippen molar-refractivity contribution in [2.24, 2.45) is 0 Å². The Morgan fingerprint density at radius 1 is 0.500 bits per heavy atom. The Bertz CT molecular complexity index is 2000. The van der Waals surface area contributed by atoms with Crippen LogP contribution in [0.1, 0.15) is 26.3 Å². The predicted octanol–water partition coefficient (Wildman–Crippen LogP) is 11.7. The van der Waals surface area contributed by atoms with Crippen LogP contribution >= 0.6 is 0 Å². The number of anilines is 3. The first-order valence-electron chi connectivity index (χ1n) is 14.5. The molecule has 0 aliphatic rings. The number of benzene rings is 6. The minimum Gasteiger partial charge on any atom is -0.456 e. The number of furan rings is 1. The van der Waals surface area contributed by atoms with Crippen LogP contribution in [0, 0.1) is 0 Å². The van der Waals surface area contributed by atoms with Crippen LogP contribution in [0.15, 0.2) is 150 Å². The molecule has 6 aromatic carbocycles. The molecule has 0 bridgehead atoms. The van der Waals surface area contributed by atoms with E-state index in [-0.39, 0.29) is 5.41 Å². The number of para-hydroxylation sites is 1. The number of hydrogen-bond acceptors (Lipinski definition) is 2. The van der Waals surface area contributed by atoms with E-state index in [1.54, 1.807) is 0 Å². The molecule has 7 aromatic rings. The lowest BCUT2D eigenvalue weighted by Gasteiger charge is -2.27. The molecule has 0 saturated heterocycles. The molecule has 2 nitrogen and oxygen atoms in total. The summed E-state index contributed by atoms with van der Waals surface area (Å²) in [6.45, 7) is 6.77. The van der Waals surface area contributed by atoms with Crippen LogP contribution in [0.2, 0.25) is 0 Å². The molecule has 0 aliphatic carbocycles. The normalized spacial score (nSPS) is 11.7. The zero-order valence-corrected chi connectivity index (χ0v) is 24.2. The first-order valence-corrected chi connectivity index (χ1v) is 14.5. The minimum atomic E-state index is -0.0828. The summed E-state index contributed by atoms with van der Waals surface area (Å²) in [4.78, 5) is 2.36. The van der Waals surface area contributed by atoms with Crippen LogP contribution in [0.3, 0.4) is 0 Å². The van der Waals surface area contributed by atoms with Gasteiger partial charge in [-0.25, -0.2) is 0 Å². The van der Waals surface area contributed by atoms with E-state index in [0.29, 0.717) is 0 Å². The van der Waals surface area contributed by atoms with Crippen molar-refractivity contribution in [2.75, 3.05) is 4.90 Å². The van der Waals surface area contributed by atoms with Gasteiger partial charge in [-0.1, -0.05) is 130 Å². The second kappa shape index (κ2) is 10.4. The number of nitrogens with zero attached hydrogens (tertiary/aromatic N) is 1. The number of fused-ring (bicyclic) bond motifs is 2. The smallest absolute Gasteiger partial charge is 0.139 e. The first kappa shape index (κ1) is 25.9. The molecule has 0 fully saturated rings. The molecular weight excluding hydrogens is 510 g/mol. The highest BCUT2D eigenvalue weighted by atomic mass is 16.3. The van der Waals surface area contributed by atoms with Gasteiger partial charge < -0.3 is 9.32 Å². The summed E-state index contributed by atoms with van der Waals surface area (Å²) in [6, 6.07) is 51.6. The van der Waals surface area contributed by atoms with Crippen molar-refractivity contribution in [3.8, 4) is 22.5 Å². The van der Waals surface area contributed by atoms with Crippen molar-refractivity contribution in [3.05, 3.63) is 151 Å². The van der Waals surface area contributed by atoms with Crippen molar-refractivity contribution in [1.82, 2.24) is 0 Å². The number of rotatable bonds is 5. The van der Waals surface area contributed by atoms with Gasteiger partial charge in [-0.2, -0.15) is 0 Å². The molecule has 0 saturated carbocycles. The molecular formula is C40H33NO. The maximum Gasteiger partial charge on any atom is 0.139 e. The summed E-state index contributed by atoms with van der Waals surface area (Å²) in [5.41, 5.74) is 8.87. The molecule has 0 unspecified atom stereocenters. The van der Waals surface area contributed by atoms with Crippen LogP contribution in [0.5, 0.6) is 0 Å². The minimum absolute atomic E-state index is 0.0828. The van der Waals surface area contributed by atoms with Crippen LogP contribution in [0.4, 0.5) is 17.1 Å². The van der Waals surface area contributed by atoms with E-state index in [1.165, 1.54) is 32.8 Å². The Balaban J connectivity index is 1.42. The molecule has 0 aliphatic heterocycles. The monoisotopic (exact) mass is 543 g/mol. The average molecular weight is 544 g/mol. The van der Waals surface area contributed by atoms with Crippen molar-refractivity contribution < 1.29 is 4.42 Å². The Labute approximate surface area is 247 Å². The van der Waals surface area contributed by atoms with Gasteiger partial charge in [0.25, 0.3) is 0 Å². The van der Waals surface area contributed by atoms with E-state index in [2.05, 4.69) is 165 Å². The van der Waals surface area contributed by atoms with Gasteiger partial charge in [-0.05, 0) is 58.3 Å². The molecule has 0 amide bonds. The third kappa shape index (κ3) is 4.65. The summed E-state index contributed by atoms with van der Waals surface area (Å²) in [5.74, 6) is 0.933. The Hall–Kier alpha value is -5.08. The van der Waals surface area contributed by atoms with E-state index < -0.39 is 0 Å². The molecule has 42 heavy (non-hydrogen) atoms. The highest BCUT2D eigenvalue weighted by molar-refractivity contribution is 5.99. The molecule has 0 atom stereocenters. The second-order valence-electron chi connectivity index (χ2n) is 11.8. The summed E-state index contributed by atoms with van der Waals surface area (Å²) in [6.07, 6.45) is 0. The van der Waals surface area contributed by atoms with Gasteiger partial charge in [-0.15, -0.1) is 0 Å². The topological polar surface area (TPSA) is 16.4 Å². The molecule has 204 valence electrons. The molecule has 2 heteroatoms. The fraction of sp³-hybridized carbons (Fsp3) is 0.100. The van der Waals surface area contributed by atoms with E-state index in [0.717, 1.165) is 34.0 Å². The van der Waals surface area contributed by atoms with Gasteiger partial charge >= 0.3 is 0 Å². The zero-order valence-electron chi connectivity index (χ0n) is 24.2. The van der Waals surface area contributed by atoms with Crippen LogP contribution in [-0.4, -0.2) is 0 Å². The third-order valence-corrected chi connectivity index (χ3v) is 7.95. The van der Waals surface area contributed by atoms with Crippen molar-refractivity contribution in [2.45, 2.75) is 26.2 Å². The largest absolute Gasteiger partial charge is 0.456 e. The van der Waals surface area contributed by atoms with Gasteiger partial charge in [0.05, 0.1) is 5.69 Å². The maximum absolute atomic E-state index is 6.57. The fourth-order valence-electron chi connectivity index (χ4n) is 6.04. The molecule has 7 rings (SSSR count). The van der Waals surface area contributed by atoms with E-state index in [4.69, 9.17) is 4.42 Å². The number of hydrogen-bond donors (Lipinski definition) is 0. The standard InChI is InChI=1S/C40H33NO/c1-40(2,3)38-35-20-9-10-22-37(35)42-39(38)31-17-11-18-33(27-31)41(36-21-12-16-30-15-7-8-19-34(30)36)32-25-23-29(24-26-32)28-13-5-4-6-14-28/h4-27H,1-3H3. The van der Waals surface area contributed by atoms with Crippen LogP contribution < -0.4 is 4.90 Å². The lowest BCUT2D eigenvalue weighted by molar-refractivity contribution is 0.568. The van der Waals surface area contributed by atoms with E-state index >= 15 is 0 Å². The van der Waals surface area contributed by atoms with Gasteiger partial charge in [-0.3, -0.25) is 0 Å². The second-order valence-corrected chi connectivity index (χ2v) is 11.8. The van der Waals surface area contributed by atoms with Gasteiger partial charge in [0.15, 0.2) is 0 Å². The maximum atomic E-state index is 6.57. The van der Waals surface area contributed by atoms with Gasteiger partial charge in [0.1, 0.15) is 11.3 Å². The first-order chi connectivity index (χ1) is 20.5. The van der Waals surface area contributed by atoms with Gasteiger partial charge in [0, 0.05) is 33.3 Å². The van der Waals surface area contributed by atoms with Gasteiger partial charge in [0.2, 0.25) is 0 Å². The molecule has 1 aromatic heterocycles. The Morgan fingerprint density at radius 2 is 1.12 bits per heavy atom. The summed E-state index contributed by atoms with van der Waals surface area (Å²) in [5, 5.41) is 3.59. The summed E-state index contributed by atoms with van der Waals surface area (Å²) in [7, 11) is 0. The third-order valence-electron chi connectivity index (χ3n) is 7.95. The van der Waals surface area contributed by atoms with E-state index in [9.17, 15) is 0 Å². The molecule has 1 heterocycles. The molecule has 0 radical (unpaired) electrons.